The number of primary sulfonamides is 1. The number of benzene rings is 1. The van der Waals surface area contributed by atoms with Crippen molar-refractivity contribution in [3.63, 3.8) is 0 Å². The molecule has 0 bridgehead atoms. The van der Waals surface area contributed by atoms with Gasteiger partial charge in [0.1, 0.15) is 0 Å². The van der Waals surface area contributed by atoms with Crippen molar-refractivity contribution in [2.45, 2.75) is 32.9 Å². The molecule has 4 N–H and O–H groups in total. The highest BCUT2D eigenvalue weighted by Gasteiger charge is 2.09. The summed E-state index contributed by atoms with van der Waals surface area (Å²) in [7, 11) is -1.35. The number of aliphatic imine (C=N–C) groups is 1. The first-order chi connectivity index (χ1) is 11.8. The maximum atomic E-state index is 11.0. The Balaban J connectivity index is 2.42. The predicted molar refractivity (Wildman–Crippen MR) is 104 cm³/mol. The van der Waals surface area contributed by atoms with E-state index in [1.165, 1.54) is 5.56 Å². The molecule has 0 saturated heterocycles. The van der Waals surface area contributed by atoms with Gasteiger partial charge in [0.2, 0.25) is 10.0 Å². The second-order valence-corrected chi connectivity index (χ2v) is 7.83. The van der Waals surface area contributed by atoms with Gasteiger partial charge in [-0.3, -0.25) is 9.89 Å². The minimum Gasteiger partial charge on any atom is -0.357 e. The Hall–Kier alpha value is -1.64. The van der Waals surface area contributed by atoms with Gasteiger partial charge in [-0.1, -0.05) is 30.3 Å². The van der Waals surface area contributed by atoms with Gasteiger partial charge in [0.25, 0.3) is 0 Å². The standard InChI is InChI=1S/C17H31N5O2S/c1-4-19-17(21-12-13-25(18,23)24)20-11-10-15(2)22(3)14-16-8-6-5-7-9-16/h5-9,15H,4,10-14H2,1-3H3,(H2,18,23,24)(H2,19,20,21). The molecule has 1 unspecified atom stereocenters. The molecule has 0 amide bonds. The summed E-state index contributed by atoms with van der Waals surface area (Å²) in [6.07, 6.45) is 0.912. The molecule has 0 aliphatic heterocycles. The van der Waals surface area contributed by atoms with Gasteiger partial charge in [0.05, 0.1) is 5.75 Å². The molecule has 8 heteroatoms. The van der Waals surface area contributed by atoms with Crippen LogP contribution in [0.5, 0.6) is 0 Å². The van der Waals surface area contributed by atoms with Gasteiger partial charge in [0, 0.05) is 32.2 Å². The molecule has 1 rings (SSSR count). The second kappa shape index (κ2) is 11.1. The molecule has 0 aromatic heterocycles. The van der Waals surface area contributed by atoms with E-state index in [1.54, 1.807) is 0 Å². The molecule has 1 aromatic rings. The van der Waals surface area contributed by atoms with Gasteiger partial charge in [-0.05, 0) is 32.9 Å². The van der Waals surface area contributed by atoms with Crippen LogP contribution in [0.3, 0.4) is 0 Å². The third kappa shape index (κ3) is 10.1. The molecule has 1 aromatic carbocycles. The van der Waals surface area contributed by atoms with Crippen LogP contribution in [0.4, 0.5) is 0 Å². The SMILES string of the molecule is CCNC(=NCCC(C)N(C)Cc1ccccc1)NCCS(N)(=O)=O. The van der Waals surface area contributed by atoms with Crippen LogP contribution in [-0.4, -0.2) is 57.8 Å². The fraction of sp³-hybridized carbons (Fsp3) is 0.588. The van der Waals surface area contributed by atoms with Crippen molar-refractivity contribution in [3.8, 4) is 0 Å². The second-order valence-electron chi connectivity index (χ2n) is 6.09. The molecule has 1 atom stereocenters. The Kier molecular flexibility index (Phi) is 9.48. The van der Waals surface area contributed by atoms with Gasteiger partial charge < -0.3 is 10.6 Å². The fourth-order valence-corrected chi connectivity index (χ4v) is 2.65. The van der Waals surface area contributed by atoms with Crippen molar-refractivity contribution in [2.24, 2.45) is 10.1 Å². The zero-order valence-corrected chi connectivity index (χ0v) is 16.2. The van der Waals surface area contributed by atoms with Crippen molar-refractivity contribution in [2.75, 3.05) is 32.4 Å². The van der Waals surface area contributed by atoms with Crippen LogP contribution in [0.25, 0.3) is 0 Å². The minimum atomic E-state index is -3.46. The Morgan fingerprint density at radius 1 is 1.28 bits per heavy atom. The minimum absolute atomic E-state index is 0.117. The van der Waals surface area contributed by atoms with E-state index in [-0.39, 0.29) is 12.3 Å². The van der Waals surface area contributed by atoms with E-state index in [2.05, 4.69) is 46.6 Å². The number of nitrogens with one attached hydrogen (secondary N) is 2. The molecular formula is C17H31N5O2S. The molecule has 0 radical (unpaired) electrons. The van der Waals surface area contributed by atoms with E-state index >= 15 is 0 Å². The van der Waals surface area contributed by atoms with Crippen LogP contribution >= 0.6 is 0 Å². The summed E-state index contributed by atoms with van der Waals surface area (Å²) >= 11 is 0. The van der Waals surface area contributed by atoms with E-state index in [4.69, 9.17) is 5.14 Å². The maximum absolute atomic E-state index is 11.0. The van der Waals surface area contributed by atoms with Crippen LogP contribution in [0.1, 0.15) is 25.8 Å². The lowest BCUT2D eigenvalue weighted by molar-refractivity contribution is 0.240. The number of nitrogens with two attached hydrogens (primary N) is 1. The van der Waals surface area contributed by atoms with E-state index in [9.17, 15) is 8.42 Å². The molecule has 142 valence electrons. The number of guanidine groups is 1. The molecule has 0 fully saturated rings. The van der Waals surface area contributed by atoms with Crippen LogP contribution in [0.15, 0.2) is 35.3 Å². The smallest absolute Gasteiger partial charge is 0.210 e. The Morgan fingerprint density at radius 2 is 1.96 bits per heavy atom. The van der Waals surface area contributed by atoms with Crippen molar-refractivity contribution in [1.82, 2.24) is 15.5 Å². The normalized spacial score (nSPS) is 13.7. The third-order valence-corrected chi connectivity index (χ3v) is 4.64. The Bertz CT molecular complexity index is 619. The van der Waals surface area contributed by atoms with Gasteiger partial charge in [-0.15, -0.1) is 0 Å². The quantitative estimate of drug-likeness (QED) is 0.417. The molecule has 0 spiro atoms. The first-order valence-electron chi connectivity index (χ1n) is 8.58. The van der Waals surface area contributed by atoms with Gasteiger partial charge in [0.15, 0.2) is 5.96 Å². The highest BCUT2D eigenvalue weighted by molar-refractivity contribution is 7.89. The molecule has 0 aliphatic carbocycles. The molecule has 25 heavy (non-hydrogen) atoms. The fourth-order valence-electron chi connectivity index (χ4n) is 2.26. The number of hydrogen-bond donors (Lipinski definition) is 3. The van der Waals surface area contributed by atoms with Crippen molar-refractivity contribution >= 4 is 16.0 Å². The van der Waals surface area contributed by atoms with E-state index in [1.807, 2.05) is 25.1 Å². The van der Waals surface area contributed by atoms with Crippen LogP contribution in [-0.2, 0) is 16.6 Å². The summed E-state index contributed by atoms with van der Waals surface area (Å²) in [6, 6.07) is 10.8. The average Bonchev–Trinajstić information content (AvgIpc) is 2.54. The lowest BCUT2D eigenvalue weighted by Crippen LogP contribution is -2.40. The van der Waals surface area contributed by atoms with Gasteiger partial charge in [-0.2, -0.15) is 0 Å². The summed E-state index contributed by atoms with van der Waals surface area (Å²) in [4.78, 5) is 6.79. The topological polar surface area (TPSA) is 99.8 Å². The van der Waals surface area contributed by atoms with E-state index < -0.39 is 10.0 Å². The van der Waals surface area contributed by atoms with Crippen molar-refractivity contribution in [1.29, 1.82) is 0 Å². The summed E-state index contributed by atoms with van der Waals surface area (Å²) in [5.41, 5.74) is 1.29. The van der Waals surface area contributed by atoms with Crippen LogP contribution in [0, 0.1) is 0 Å². The Labute approximate surface area is 151 Å². The van der Waals surface area contributed by atoms with E-state index in [0.717, 1.165) is 13.0 Å². The lowest BCUT2D eigenvalue weighted by atomic mass is 10.1. The molecule has 0 aliphatic rings. The summed E-state index contributed by atoms with van der Waals surface area (Å²) in [5.74, 6) is 0.497. The predicted octanol–water partition coefficient (Wildman–Crippen LogP) is 0.741. The number of sulfonamides is 1. The highest BCUT2D eigenvalue weighted by atomic mass is 32.2. The molecule has 0 heterocycles. The van der Waals surface area contributed by atoms with Crippen molar-refractivity contribution in [3.05, 3.63) is 35.9 Å². The number of rotatable bonds is 10. The Morgan fingerprint density at radius 3 is 2.56 bits per heavy atom. The molecule has 0 saturated carbocycles. The number of hydrogen-bond acceptors (Lipinski definition) is 4. The van der Waals surface area contributed by atoms with Crippen molar-refractivity contribution < 1.29 is 8.42 Å². The zero-order valence-electron chi connectivity index (χ0n) is 15.4. The largest absolute Gasteiger partial charge is 0.357 e. The molecule has 7 nitrogen and oxygen atoms in total. The number of nitrogens with zero attached hydrogens (tertiary/aromatic N) is 2. The summed E-state index contributed by atoms with van der Waals surface area (Å²) in [5, 5.41) is 11.1. The maximum Gasteiger partial charge on any atom is 0.210 e. The van der Waals surface area contributed by atoms with Crippen LogP contribution in [0.2, 0.25) is 0 Å². The monoisotopic (exact) mass is 369 g/mol. The van der Waals surface area contributed by atoms with Crippen LogP contribution < -0.4 is 15.8 Å². The summed E-state index contributed by atoms with van der Waals surface area (Å²) < 4.78 is 21.9. The van der Waals surface area contributed by atoms with Gasteiger partial charge >= 0.3 is 0 Å². The lowest BCUT2D eigenvalue weighted by Gasteiger charge is -2.24. The average molecular weight is 370 g/mol. The highest BCUT2D eigenvalue weighted by Crippen LogP contribution is 2.08. The van der Waals surface area contributed by atoms with E-state index in [0.29, 0.717) is 25.1 Å². The first kappa shape index (κ1) is 21.4. The van der Waals surface area contributed by atoms with Gasteiger partial charge in [-0.25, -0.2) is 13.6 Å². The first-order valence-corrected chi connectivity index (χ1v) is 10.3. The summed E-state index contributed by atoms with van der Waals surface area (Å²) in [6.45, 7) is 6.66. The zero-order chi connectivity index (χ0) is 18.7. The molecular weight excluding hydrogens is 338 g/mol. The third-order valence-electron chi connectivity index (χ3n) is 3.87.